The zero-order valence-corrected chi connectivity index (χ0v) is 14.5. The van der Waals surface area contributed by atoms with Gasteiger partial charge in [0, 0.05) is 17.6 Å². The van der Waals surface area contributed by atoms with Gasteiger partial charge in [0.15, 0.2) is 0 Å². The Hall–Kier alpha value is -1.56. The maximum absolute atomic E-state index is 12.7. The molecule has 0 bridgehead atoms. The maximum atomic E-state index is 12.7. The molecule has 1 amide bonds. The number of hydrogen-bond donors (Lipinski definition) is 1. The van der Waals surface area contributed by atoms with Crippen molar-refractivity contribution in [2.45, 2.75) is 20.3 Å². The van der Waals surface area contributed by atoms with E-state index in [1.807, 2.05) is 13.8 Å². The molecule has 1 aromatic carbocycles. The van der Waals surface area contributed by atoms with Gasteiger partial charge in [0.05, 0.1) is 18.1 Å². The van der Waals surface area contributed by atoms with Gasteiger partial charge in [-0.05, 0) is 30.5 Å². The molecule has 22 heavy (non-hydrogen) atoms. The molecular weight excluding hydrogens is 350 g/mol. The number of aliphatic carboxylic acids is 1. The van der Waals surface area contributed by atoms with Gasteiger partial charge < -0.3 is 14.7 Å². The van der Waals surface area contributed by atoms with Crippen molar-refractivity contribution in [3.8, 4) is 5.75 Å². The molecule has 5 nitrogen and oxygen atoms in total. The second kappa shape index (κ2) is 6.28. The van der Waals surface area contributed by atoms with Crippen molar-refractivity contribution in [1.82, 2.24) is 4.90 Å². The zero-order chi connectivity index (χ0) is 16.5. The van der Waals surface area contributed by atoms with Gasteiger partial charge in [0.2, 0.25) is 0 Å². The first-order chi connectivity index (χ1) is 10.3. The predicted octanol–water partition coefficient (Wildman–Crippen LogP) is 3.03. The van der Waals surface area contributed by atoms with E-state index in [-0.39, 0.29) is 18.4 Å². The molecule has 1 unspecified atom stereocenters. The number of ether oxygens (including phenoxy) is 1. The fourth-order valence-electron chi connectivity index (χ4n) is 2.91. The van der Waals surface area contributed by atoms with Crippen molar-refractivity contribution < 1.29 is 19.4 Å². The van der Waals surface area contributed by atoms with E-state index in [0.29, 0.717) is 24.3 Å². The first-order valence-electron chi connectivity index (χ1n) is 7.18. The van der Waals surface area contributed by atoms with Crippen LogP contribution in [0.3, 0.4) is 0 Å². The van der Waals surface area contributed by atoms with Crippen LogP contribution in [0.15, 0.2) is 22.7 Å². The van der Waals surface area contributed by atoms with Gasteiger partial charge >= 0.3 is 5.97 Å². The van der Waals surface area contributed by atoms with Gasteiger partial charge in [0.25, 0.3) is 5.91 Å². The van der Waals surface area contributed by atoms with E-state index in [1.54, 1.807) is 23.1 Å². The van der Waals surface area contributed by atoms with Crippen LogP contribution in [0, 0.1) is 11.3 Å². The number of carbonyl (C=O) groups excluding carboxylic acids is 1. The minimum absolute atomic E-state index is 0.0328. The van der Waals surface area contributed by atoms with E-state index in [2.05, 4.69) is 15.9 Å². The third-order valence-electron chi connectivity index (χ3n) is 4.51. The summed E-state index contributed by atoms with van der Waals surface area (Å²) in [4.78, 5) is 26.0. The average molecular weight is 370 g/mol. The summed E-state index contributed by atoms with van der Waals surface area (Å²) in [5.41, 5.74) is -0.409. The normalized spacial score (nSPS) is 21.2. The molecule has 6 heteroatoms. The van der Waals surface area contributed by atoms with E-state index in [4.69, 9.17) is 4.74 Å². The highest BCUT2D eigenvalue weighted by Crippen LogP contribution is 2.39. The number of rotatable bonds is 4. The van der Waals surface area contributed by atoms with Crippen molar-refractivity contribution in [2.24, 2.45) is 11.3 Å². The fourth-order valence-corrected chi connectivity index (χ4v) is 3.25. The van der Waals surface area contributed by atoms with Crippen LogP contribution < -0.4 is 4.74 Å². The summed E-state index contributed by atoms with van der Waals surface area (Å²) in [5.74, 6) is -0.569. The van der Waals surface area contributed by atoms with Gasteiger partial charge in [0.1, 0.15) is 5.75 Å². The quantitative estimate of drug-likeness (QED) is 0.885. The van der Waals surface area contributed by atoms with Crippen LogP contribution in [0.1, 0.15) is 30.6 Å². The van der Waals surface area contributed by atoms with Crippen molar-refractivity contribution in [3.63, 3.8) is 0 Å². The lowest BCUT2D eigenvalue weighted by Gasteiger charge is -2.28. The van der Waals surface area contributed by atoms with Gasteiger partial charge in [-0.25, -0.2) is 0 Å². The largest absolute Gasteiger partial charge is 0.496 e. The molecule has 120 valence electrons. The number of carbonyl (C=O) groups is 2. The number of carboxylic acid groups (broad SMARTS) is 1. The second-order valence-electron chi connectivity index (χ2n) is 5.94. The van der Waals surface area contributed by atoms with Crippen LogP contribution in [-0.4, -0.2) is 42.1 Å². The summed E-state index contributed by atoms with van der Waals surface area (Å²) < 4.78 is 6.08. The van der Waals surface area contributed by atoms with Gasteiger partial charge in [-0.1, -0.05) is 29.8 Å². The third-order valence-corrected chi connectivity index (χ3v) is 5.01. The number of hydrogen-bond acceptors (Lipinski definition) is 3. The van der Waals surface area contributed by atoms with Crippen molar-refractivity contribution >= 4 is 27.8 Å². The Labute approximate surface area is 138 Å². The number of amides is 1. The molecule has 0 aliphatic carbocycles. The topological polar surface area (TPSA) is 66.8 Å². The van der Waals surface area contributed by atoms with E-state index >= 15 is 0 Å². The number of benzene rings is 1. The standard InChI is InChI=1S/C16H20BrNO4/c1-10(2)16(15(20)21)6-7-18(9-16)14(19)12-5-4-11(17)8-13(12)22-3/h4-5,8,10H,6-7,9H2,1-3H3,(H,20,21). The van der Waals surface area contributed by atoms with Crippen LogP contribution in [-0.2, 0) is 4.79 Å². The highest BCUT2D eigenvalue weighted by Gasteiger charge is 2.48. The fraction of sp³-hybridized carbons (Fsp3) is 0.500. The Kier molecular flexibility index (Phi) is 4.80. The average Bonchev–Trinajstić information content (AvgIpc) is 2.93. The molecule has 1 saturated heterocycles. The maximum Gasteiger partial charge on any atom is 0.311 e. The zero-order valence-electron chi connectivity index (χ0n) is 12.9. The summed E-state index contributed by atoms with van der Waals surface area (Å²) >= 11 is 3.34. The van der Waals surface area contributed by atoms with E-state index in [0.717, 1.165) is 4.47 Å². The van der Waals surface area contributed by atoms with Gasteiger partial charge in [-0.2, -0.15) is 0 Å². The summed E-state index contributed by atoms with van der Waals surface area (Å²) in [5, 5.41) is 9.57. The van der Waals surface area contributed by atoms with Crippen LogP contribution in [0.5, 0.6) is 5.75 Å². The molecule has 0 spiro atoms. The Balaban J connectivity index is 2.27. The Bertz CT molecular complexity index is 602. The monoisotopic (exact) mass is 369 g/mol. The van der Waals surface area contributed by atoms with Crippen LogP contribution in [0.25, 0.3) is 0 Å². The lowest BCUT2D eigenvalue weighted by Crippen LogP contribution is -2.40. The molecule has 1 aromatic rings. The third kappa shape index (κ3) is 2.84. The Morgan fingerprint density at radius 3 is 2.59 bits per heavy atom. The number of likely N-dealkylation sites (tertiary alicyclic amines) is 1. The first kappa shape index (κ1) is 16.8. The summed E-state index contributed by atoms with van der Waals surface area (Å²) in [7, 11) is 1.51. The molecule has 0 aromatic heterocycles. The number of nitrogens with zero attached hydrogens (tertiary/aromatic N) is 1. The SMILES string of the molecule is COc1cc(Br)ccc1C(=O)N1CCC(C(=O)O)(C(C)C)C1. The van der Waals surface area contributed by atoms with E-state index < -0.39 is 11.4 Å². The van der Waals surface area contributed by atoms with Crippen LogP contribution in [0.2, 0.25) is 0 Å². The van der Waals surface area contributed by atoms with E-state index in [9.17, 15) is 14.7 Å². The second-order valence-corrected chi connectivity index (χ2v) is 6.85. The summed E-state index contributed by atoms with van der Waals surface area (Å²) in [6.45, 7) is 4.46. The molecule has 2 rings (SSSR count). The minimum atomic E-state index is -0.863. The van der Waals surface area contributed by atoms with Crippen molar-refractivity contribution in [2.75, 3.05) is 20.2 Å². The minimum Gasteiger partial charge on any atom is -0.496 e. The number of carboxylic acids is 1. The predicted molar refractivity (Wildman–Crippen MR) is 86.1 cm³/mol. The summed E-state index contributed by atoms with van der Waals surface area (Å²) in [6.07, 6.45) is 0.477. The molecule has 1 fully saturated rings. The van der Waals surface area contributed by atoms with Crippen molar-refractivity contribution in [3.05, 3.63) is 28.2 Å². The first-order valence-corrected chi connectivity index (χ1v) is 7.97. The smallest absolute Gasteiger partial charge is 0.311 e. The van der Waals surface area contributed by atoms with Crippen LogP contribution in [0.4, 0.5) is 0 Å². The molecule has 0 radical (unpaired) electrons. The van der Waals surface area contributed by atoms with E-state index in [1.165, 1.54) is 7.11 Å². The lowest BCUT2D eigenvalue weighted by atomic mass is 9.76. The lowest BCUT2D eigenvalue weighted by molar-refractivity contribution is -0.150. The molecule has 0 saturated carbocycles. The molecule has 1 heterocycles. The highest BCUT2D eigenvalue weighted by molar-refractivity contribution is 9.10. The molecule has 1 aliphatic rings. The summed E-state index contributed by atoms with van der Waals surface area (Å²) in [6, 6.07) is 5.20. The molecular formula is C16H20BrNO4. The van der Waals surface area contributed by atoms with Crippen LogP contribution >= 0.6 is 15.9 Å². The Morgan fingerprint density at radius 1 is 1.41 bits per heavy atom. The molecule has 1 aliphatic heterocycles. The molecule has 1 N–H and O–H groups in total. The Morgan fingerprint density at radius 2 is 2.09 bits per heavy atom. The number of halogens is 1. The van der Waals surface area contributed by atoms with Gasteiger partial charge in [-0.3, -0.25) is 9.59 Å². The highest BCUT2D eigenvalue weighted by atomic mass is 79.9. The number of methoxy groups -OCH3 is 1. The molecule has 1 atom stereocenters. The van der Waals surface area contributed by atoms with Crippen molar-refractivity contribution in [1.29, 1.82) is 0 Å². The van der Waals surface area contributed by atoms with Gasteiger partial charge in [-0.15, -0.1) is 0 Å².